The molecule has 1 heterocycles. The standard InChI is InChI=1S/C14H22BNO2/c1-2-4-12-7-8-16(10-12)11-13-5-3-6-14(9-13)15(17)18/h3,5-6,9,12,17-18H,2,4,7-8,10-11H2,1H3. The lowest BCUT2D eigenvalue weighted by Gasteiger charge is -2.16. The summed E-state index contributed by atoms with van der Waals surface area (Å²) in [6.45, 7) is 5.51. The number of hydrogen-bond acceptors (Lipinski definition) is 3. The Morgan fingerprint density at radius 3 is 2.94 bits per heavy atom. The van der Waals surface area contributed by atoms with Crippen molar-refractivity contribution in [1.29, 1.82) is 0 Å². The Bertz CT molecular complexity index is 384. The number of hydrogen-bond donors (Lipinski definition) is 2. The van der Waals surface area contributed by atoms with Crippen LogP contribution < -0.4 is 5.46 Å². The molecule has 0 bridgehead atoms. The molecule has 0 aliphatic carbocycles. The van der Waals surface area contributed by atoms with Gasteiger partial charge in [0.05, 0.1) is 0 Å². The highest BCUT2D eigenvalue weighted by atomic mass is 16.4. The molecular weight excluding hydrogens is 225 g/mol. The second-order valence-corrected chi connectivity index (χ2v) is 5.30. The van der Waals surface area contributed by atoms with Gasteiger partial charge in [0.15, 0.2) is 0 Å². The van der Waals surface area contributed by atoms with Crippen molar-refractivity contribution >= 4 is 12.6 Å². The van der Waals surface area contributed by atoms with Crippen LogP contribution in [0.15, 0.2) is 24.3 Å². The molecule has 1 aliphatic rings. The Kier molecular flexibility index (Phi) is 4.81. The van der Waals surface area contributed by atoms with Crippen molar-refractivity contribution in [3.63, 3.8) is 0 Å². The molecule has 0 radical (unpaired) electrons. The number of likely N-dealkylation sites (tertiary alicyclic amines) is 1. The van der Waals surface area contributed by atoms with Crippen LogP contribution in [0.3, 0.4) is 0 Å². The van der Waals surface area contributed by atoms with E-state index >= 15 is 0 Å². The smallest absolute Gasteiger partial charge is 0.423 e. The van der Waals surface area contributed by atoms with Crippen molar-refractivity contribution in [2.75, 3.05) is 13.1 Å². The molecule has 0 aromatic heterocycles. The van der Waals surface area contributed by atoms with Crippen LogP contribution in [0.2, 0.25) is 0 Å². The summed E-state index contributed by atoms with van der Waals surface area (Å²) in [5.41, 5.74) is 1.74. The molecule has 18 heavy (non-hydrogen) atoms. The van der Waals surface area contributed by atoms with Crippen LogP contribution in [-0.2, 0) is 6.54 Å². The van der Waals surface area contributed by atoms with Gasteiger partial charge in [-0.3, -0.25) is 4.90 Å². The second kappa shape index (κ2) is 6.37. The molecule has 0 amide bonds. The van der Waals surface area contributed by atoms with E-state index in [0.29, 0.717) is 5.46 Å². The van der Waals surface area contributed by atoms with Gasteiger partial charge in [-0.15, -0.1) is 0 Å². The molecule has 1 aliphatic heterocycles. The van der Waals surface area contributed by atoms with E-state index in [-0.39, 0.29) is 0 Å². The third-order valence-corrected chi connectivity index (χ3v) is 3.72. The maximum Gasteiger partial charge on any atom is 0.488 e. The molecule has 98 valence electrons. The first kappa shape index (κ1) is 13.6. The molecule has 1 saturated heterocycles. The second-order valence-electron chi connectivity index (χ2n) is 5.30. The Morgan fingerprint density at radius 2 is 2.22 bits per heavy atom. The SMILES string of the molecule is CCCC1CCN(Cc2cccc(B(O)O)c2)C1. The largest absolute Gasteiger partial charge is 0.488 e. The predicted molar refractivity (Wildman–Crippen MR) is 74.6 cm³/mol. The van der Waals surface area contributed by atoms with Crippen molar-refractivity contribution in [3.8, 4) is 0 Å². The van der Waals surface area contributed by atoms with Gasteiger partial charge in [0, 0.05) is 13.1 Å². The van der Waals surface area contributed by atoms with Crippen LogP contribution in [0.1, 0.15) is 31.7 Å². The van der Waals surface area contributed by atoms with Gasteiger partial charge in [-0.05, 0) is 36.3 Å². The average Bonchev–Trinajstić information content (AvgIpc) is 2.77. The minimum absolute atomic E-state index is 0.580. The number of benzene rings is 1. The van der Waals surface area contributed by atoms with Gasteiger partial charge >= 0.3 is 7.12 Å². The Morgan fingerprint density at radius 1 is 1.39 bits per heavy atom. The van der Waals surface area contributed by atoms with Gasteiger partial charge < -0.3 is 10.0 Å². The van der Waals surface area contributed by atoms with Crippen molar-refractivity contribution in [2.45, 2.75) is 32.7 Å². The van der Waals surface area contributed by atoms with Gasteiger partial charge in [-0.1, -0.05) is 37.6 Å². The third-order valence-electron chi connectivity index (χ3n) is 3.72. The van der Waals surface area contributed by atoms with Gasteiger partial charge in [0.2, 0.25) is 0 Å². The zero-order chi connectivity index (χ0) is 13.0. The molecule has 1 unspecified atom stereocenters. The molecule has 3 nitrogen and oxygen atoms in total. The highest BCUT2D eigenvalue weighted by Crippen LogP contribution is 2.22. The Labute approximate surface area is 110 Å². The summed E-state index contributed by atoms with van der Waals surface area (Å²) >= 11 is 0. The van der Waals surface area contributed by atoms with Crippen LogP contribution in [0.4, 0.5) is 0 Å². The lowest BCUT2D eigenvalue weighted by atomic mass is 9.79. The van der Waals surface area contributed by atoms with E-state index in [1.807, 2.05) is 12.1 Å². The van der Waals surface area contributed by atoms with Crippen LogP contribution in [0, 0.1) is 5.92 Å². The predicted octanol–water partition coefficient (Wildman–Crippen LogP) is 0.988. The maximum absolute atomic E-state index is 9.16. The zero-order valence-electron chi connectivity index (χ0n) is 11.0. The minimum Gasteiger partial charge on any atom is -0.423 e. The molecule has 1 atom stereocenters. The summed E-state index contributed by atoms with van der Waals surface area (Å²) in [7, 11) is -1.36. The van der Waals surface area contributed by atoms with Gasteiger partial charge in [-0.2, -0.15) is 0 Å². The molecule has 0 spiro atoms. The summed E-state index contributed by atoms with van der Waals surface area (Å²) in [6.07, 6.45) is 3.90. The minimum atomic E-state index is -1.36. The lowest BCUT2D eigenvalue weighted by molar-refractivity contribution is 0.313. The summed E-state index contributed by atoms with van der Waals surface area (Å²) in [6, 6.07) is 7.58. The summed E-state index contributed by atoms with van der Waals surface area (Å²) < 4.78 is 0. The Balaban J connectivity index is 1.92. The van der Waals surface area contributed by atoms with E-state index in [1.54, 1.807) is 6.07 Å². The molecule has 1 aromatic carbocycles. The molecule has 4 heteroatoms. The summed E-state index contributed by atoms with van der Waals surface area (Å²) in [5, 5.41) is 18.3. The van der Waals surface area contributed by atoms with Gasteiger partial charge in [-0.25, -0.2) is 0 Å². The first-order valence-electron chi connectivity index (χ1n) is 6.86. The normalized spacial score (nSPS) is 20.3. The first-order valence-corrected chi connectivity index (χ1v) is 6.86. The molecular formula is C14H22BNO2. The molecule has 1 aromatic rings. The van der Waals surface area contributed by atoms with Crippen LogP contribution >= 0.6 is 0 Å². The lowest BCUT2D eigenvalue weighted by Crippen LogP contribution is -2.30. The van der Waals surface area contributed by atoms with Crippen LogP contribution in [0.5, 0.6) is 0 Å². The number of rotatable bonds is 5. The third kappa shape index (κ3) is 3.58. The van der Waals surface area contributed by atoms with E-state index in [1.165, 1.54) is 25.8 Å². The Hall–Kier alpha value is -0.835. The quantitative estimate of drug-likeness (QED) is 0.762. The highest BCUT2D eigenvalue weighted by molar-refractivity contribution is 6.58. The van der Waals surface area contributed by atoms with E-state index < -0.39 is 7.12 Å². The van der Waals surface area contributed by atoms with E-state index in [0.717, 1.165) is 24.6 Å². The van der Waals surface area contributed by atoms with E-state index in [2.05, 4.69) is 17.9 Å². The van der Waals surface area contributed by atoms with Crippen LogP contribution in [0.25, 0.3) is 0 Å². The highest BCUT2D eigenvalue weighted by Gasteiger charge is 2.21. The van der Waals surface area contributed by atoms with E-state index in [9.17, 15) is 0 Å². The molecule has 2 N–H and O–H groups in total. The molecule has 0 saturated carbocycles. The average molecular weight is 247 g/mol. The zero-order valence-corrected chi connectivity index (χ0v) is 11.0. The van der Waals surface area contributed by atoms with Crippen molar-refractivity contribution in [2.24, 2.45) is 5.92 Å². The number of nitrogens with zero attached hydrogens (tertiary/aromatic N) is 1. The van der Waals surface area contributed by atoms with Crippen molar-refractivity contribution in [1.82, 2.24) is 4.90 Å². The van der Waals surface area contributed by atoms with Gasteiger partial charge in [0.25, 0.3) is 0 Å². The fourth-order valence-electron chi connectivity index (χ4n) is 2.81. The summed E-state index contributed by atoms with van der Waals surface area (Å²) in [4.78, 5) is 2.46. The fraction of sp³-hybridized carbons (Fsp3) is 0.571. The topological polar surface area (TPSA) is 43.7 Å². The van der Waals surface area contributed by atoms with Crippen molar-refractivity contribution < 1.29 is 10.0 Å². The fourth-order valence-corrected chi connectivity index (χ4v) is 2.81. The summed E-state index contributed by atoms with van der Waals surface area (Å²) in [5.74, 6) is 0.849. The first-order chi connectivity index (χ1) is 8.69. The molecule has 1 fully saturated rings. The maximum atomic E-state index is 9.16. The monoisotopic (exact) mass is 247 g/mol. The molecule has 2 rings (SSSR count). The van der Waals surface area contributed by atoms with E-state index in [4.69, 9.17) is 10.0 Å². The van der Waals surface area contributed by atoms with Crippen LogP contribution in [-0.4, -0.2) is 35.2 Å². The van der Waals surface area contributed by atoms with Crippen molar-refractivity contribution in [3.05, 3.63) is 29.8 Å². The van der Waals surface area contributed by atoms with Gasteiger partial charge in [0.1, 0.15) is 0 Å².